The summed E-state index contributed by atoms with van der Waals surface area (Å²) in [6.45, 7) is 1.69. The molecule has 1 unspecified atom stereocenters. The van der Waals surface area contributed by atoms with Gasteiger partial charge in [-0.1, -0.05) is 19.1 Å². The lowest BCUT2D eigenvalue weighted by Crippen LogP contribution is -2.10. The van der Waals surface area contributed by atoms with Gasteiger partial charge in [-0.05, 0) is 18.1 Å². The quantitative estimate of drug-likeness (QED) is 0.782. The number of aliphatic carboxylic acids is 1. The van der Waals surface area contributed by atoms with E-state index >= 15 is 0 Å². The molecule has 16 heavy (non-hydrogen) atoms. The Kier molecular flexibility index (Phi) is 4.17. The topological polar surface area (TPSA) is 54.4 Å². The van der Waals surface area contributed by atoms with Crippen molar-refractivity contribution in [1.82, 2.24) is 0 Å². The van der Waals surface area contributed by atoms with Crippen LogP contribution in [-0.2, 0) is 4.79 Å². The summed E-state index contributed by atoms with van der Waals surface area (Å²) in [5.74, 6) is -1.86. The van der Waals surface area contributed by atoms with Gasteiger partial charge in [0.25, 0.3) is 0 Å². The van der Waals surface area contributed by atoms with Crippen molar-refractivity contribution in [3.8, 4) is 0 Å². The summed E-state index contributed by atoms with van der Waals surface area (Å²) >= 11 is 0. The van der Waals surface area contributed by atoms with Gasteiger partial charge in [0.1, 0.15) is 5.82 Å². The predicted octanol–water partition coefficient (Wildman–Crippen LogP) is 2.51. The Bertz CT molecular complexity index is 401. The largest absolute Gasteiger partial charge is 0.481 e. The minimum atomic E-state index is -0.931. The molecule has 1 rings (SSSR count). The molecule has 1 aromatic rings. The minimum Gasteiger partial charge on any atom is -0.481 e. The van der Waals surface area contributed by atoms with Gasteiger partial charge in [0.2, 0.25) is 0 Å². The number of hydrogen-bond acceptors (Lipinski definition) is 2. The summed E-state index contributed by atoms with van der Waals surface area (Å²) in [4.78, 5) is 22.0. The zero-order chi connectivity index (χ0) is 12.1. The maximum atomic E-state index is 12.8. The number of benzene rings is 1. The van der Waals surface area contributed by atoms with Crippen LogP contribution in [0.1, 0.15) is 30.1 Å². The normalized spacial score (nSPS) is 12.1. The molecule has 1 N–H and O–H groups in total. The second-order valence-electron chi connectivity index (χ2n) is 3.84. The summed E-state index contributed by atoms with van der Waals surface area (Å²) < 4.78 is 12.8. The van der Waals surface area contributed by atoms with Crippen molar-refractivity contribution in [2.75, 3.05) is 0 Å². The van der Waals surface area contributed by atoms with Crippen LogP contribution in [0.5, 0.6) is 0 Å². The molecule has 1 aromatic carbocycles. The molecule has 4 heteroatoms. The highest BCUT2D eigenvalue weighted by Crippen LogP contribution is 2.13. The minimum absolute atomic E-state index is 0.0545. The van der Waals surface area contributed by atoms with E-state index in [-0.39, 0.29) is 30.1 Å². The van der Waals surface area contributed by atoms with Crippen LogP contribution in [0, 0.1) is 11.7 Å². The molecule has 0 amide bonds. The van der Waals surface area contributed by atoms with E-state index in [4.69, 9.17) is 5.11 Å². The second kappa shape index (κ2) is 5.39. The van der Waals surface area contributed by atoms with Gasteiger partial charge in [0.15, 0.2) is 5.78 Å². The average Bonchev–Trinajstić information content (AvgIpc) is 2.16. The Morgan fingerprint density at radius 1 is 1.38 bits per heavy atom. The highest BCUT2D eigenvalue weighted by atomic mass is 19.1. The van der Waals surface area contributed by atoms with Crippen molar-refractivity contribution in [3.63, 3.8) is 0 Å². The van der Waals surface area contributed by atoms with Gasteiger partial charge in [-0.2, -0.15) is 0 Å². The Morgan fingerprint density at radius 3 is 2.62 bits per heavy atom. The third kappa shape index (κ3) is 3.81. The van der Waals surface area contributed by atoms with E-state index in [1.165, 1.54) is 18.2 Å². The molecule has 0 saturated carbocycles. The van der Waals surface area contributed by atoms with Crippen molar-refractivity contribution in [3.05, 3.63) is 35.6 Å². The summed E-state index contributed by atoms with van der Waals surface area (Å²) in [6.07, 6.45) is 0.0663. The predicted molar refractivity (Wildman–Crippen MR) is 56.8 cm³/mol. The summed E-state index contributed by atoms with van der Waals surface area (Å²) in [7, 11) is 0. The monoisotopic (exact) mass is 224 g/mol. The van der Waals surface area contributed by atoms with E-state index in [2.05, 4.69) is 0 Å². The van der Waals surface area contributed by atoms with Gasteiger partial charge in [-0.3, -0.25) is 9.59 Å². The van der Waals surface area contributed by atoms with E-state index in [9.17, 15) is 14.0 Å². The molecule has 1 atom stereocenters. The molecule has 0 spiro atoms. The van der Waals surface area contributed by atoms with Crippen LogP contribution < -0.4 is 0 Å². The van der Waals surface area contributed by atoms with Gasteiger partial charge in [0, 0.05) is 18.4 Å². The molecular formula is C12H13FO3. The maximum absolute atomic E-state index is 12.8. The highest BCUT2D eigenvalue weighted by molar-refractivity contribution is 5.96. The lowest BCUT2D eigenvalue weighted by molar-refractivity contribution is -0.137. The molecule has 0 fully saturated rings. The molecule has 0 aromatic heterocycles. The fourth-order valence-electron chi connectivity index (χ4n) is 1.47. The van der Waals surface area contributed by atoms with Gasteiger partial charge in [0.05, 0.1) is 0 Å². The molecule has 0 bridgehead atoms. The Morgan fingerprint density at radius 2 is 2.06 bits per heavy atom. The molecule has 3 nitrogen and oxygen atoms in total. The van der Waals surface area contributed by atoms with Crippen LogP contribution in [0.4, 0.5) is 4.39 Å². The third-order valence-corrected chi connectivity index (χ3v) is 2.20. The standard InChI is InChI=1S/C12H13FO3/c1-8(6-12(15)16)5-11(14)9-3-2-4-10(13)7-9/h2-4,7-8H,5-6H2,1H3,(H,15,16). The van der Waals surface area contributed by atoms with E-state index < -0.39 is 11.8 Å². The molecule has 0 aliphatic heterocycles. The van der Waals surface area contributed by atoms with Crippen LogP contribution in [-0.4, -0.2) is 16.9 Å². The number of ketones is 1. The van der Waals surface area contributed by atoms with Crippen molar-refractivity contribution < 1.29 is 19.1 Å². The third-order valence-electron chi connectivity index (χ3n) is 2.20. The van der Waals surface area contributed by atoms with Crippen molar-refractivity contribution in [1.29, 1.82) is 0 Å². The summed E-state index contributed by atoms with van der Waals surface area (Å²) in [6, 6.07) is 5.41. The van der Waals surface area contributed by atoms with Crippen molar-refractivity contribution in [2.45, 2.75) is 19.8 Å². The fraction of sp³-hybridized carbons (Fsp3) is 0.333. The van der Waals surface area contributed by atoms with Gasteiger partial charge in [-0.15, -0.1) is 0 Å². The molecule has 0 saturated heterocycles. The first-order valence-electron chi connectivity index (χ1n) is 4.99. The summed E-state index contributed by atoms with van der Waals surface area (Å²) in [5, 5.41) is 8.54. The Labute approximate surface area is 92.9 Å². The van der Waals surface area contributed by atoms with Gasteiger partial charge < -0.3 is 5.11 Å². The van der Waals surface area contributed by atoms with Crippen LogP contribution in [0.3, 0.4) is 0 Å². The molecule has 0 radical (unpaired) electrons. The first kappa shape index (κ1) is 12.4. The molecule has 0 aliphatic rings. The lowest BCUT2D eigenvalue weighted by atomic mass is 9.97. The number of carbonyl (C=O) groups is 2. The zero-order valence-corrected chi connectivity index (χ0v) is 8.94. The van der Waals surface area contributed by atoms with E-state index in [0.717, 1.165) is 6.07 Å². The van der Waals surface area contributed by atoms with E-state index in [0.29, 0.717) is 0 Å². The number of hydrogen-bond donors (Lipinski definition) is 1. The maximum Gasteiger partial charge on any atom is 0.303 e. The van der Waals surface area contributed by atoms with E-state index in [1.54, 1.807) is 6.92 Å². The smallest absolute Gasteiger partial charge is 0.303 e. The van der Waals surface area contributed by atoms with Crippen LogP contribution in [0.25, 0.3) is 0 Å². The number of Topliss-reactive ketones (excluding diaryl/α,β-unsaturated/α-hetero) is 1. The molecule has 0 aliphatic carbocycles. The zero-order valence-electron chi connectivity index (χ0n) is 8.94. The first-order valence-corrected chi connectivity index (χ1v) is 4.99. The number of carboxylic acids is 1. The van der Waals surface area contributed by atoms with Gasteiger partial charge in [-0.25, -0.2) is 4.39 Å². The number of rotatable bonds is 5. The van der Waals surface area contributed by atoms with Gasteiger partial charge >= 0.3 is 5.97 Å². The second-order valence-corrected chi connectivity index (χ2v) is 3.84. The number of carbonyl (C=O) groups excluding carboxylic acids is 1. The molecule has 86 valence electrons. The SMILES string of the molecule is CC(CC(=O)O)CC(=O)c1cccc(F)c1. The highest BCUT2D eigenvalue weighted by Gasteiger charge is 2.14. The van der Waals surface area contributed by atoms with E-state index in [1.807, 2.05) is 0 Å². The van der Waals surface area contributed by atoms with Crippen LogP contribution in [0.15, 0.2) is 24.3 Å². The molecule has 0 heterocycles. The first-order chi connectivity index (χ1) is 7.49. The number of halogens is 1. The van der Waals surface area contributed by atoms with Crippen molar-refractivity contribution >= 4 is 11.8 Å². The fourth-order valence-corrected chi connectivity index (χ4v) is 1.47. The Balaban J connectivity index is 2.62. The van der Waals surface area contributed by atoms with Crippen LogP contribution in [0.2, 0.25) is 0 Å². The van der Waals surface area contributed by atoms with Crippen molar-refractivity contribution in [2.24, 2.45) is 5.92 Å². The molecular weight excluding hydrogens is 211 g/mol. The van der Waals surface area contributed by atoms with Crippen LogP contribution >= 0.6 is 0 Å². The average molecular weight is 224 g/mol. The Hall–Kier alpha value is -1.71. The number of carboxylic acid groups (broad SMARTS) is 1. The summed E-state index contributed by atoms with van der Waals surface area (Å²) in [5.41, 5.74) is 0.289. The lowest BCUT2D eigenvalue weighted by Gasteiger charge is -2.07.